The minimum Gasteiger partial charge on any atom is -0.371 e. The van der Waals surface area contributed by atoms with Crippen LogP contribution in [0.25, 0.3) is 11.0 Å². The van der Waals surface area contributed by atoms with E-state index in [1.54, 1.807) is 23.0 Å². The number of aryl methyl sites for hydroxylation is 3. The average Bonchev–Trinajstić information content (AvgIpc) is 3.62. The Morgan fingerprint density at radius 1 is 0.839 bits per heavy atom. The van der Waals surface area contributed by atoms with Gasteiger partial charge in [-0.15, -0.1) is 0 Å². The summed E-state index contributed by atoms with van der Waals surface area (Å²) in [6.45, 7) is 10.5. The van der Waals surface area contributed by atoms with Gasteiger partial charge in [0.15, 0.2) is 11.5 Å². The highest BCUT2D eigenvalue weighted by atomic mass is 16.2. The second-order valence-electron chi connectivity index (χ2n) is 15.1. The Morgan fingerprint density at radius 3 is 2.34 bits per heavy atom. The normalized spacial score (nSPS) is 19.1. The molecule has 0 radical (unpaired) electrons. The molecule has 3 aromatic heterocycles. The van der Waals surface area contributed by atoms with E-state index in [-0.39, 0.29) is 18.7 Å². The molecule has 1 atom stereocenters. The van der Waals surface area contributed by atoms with Crippen molar-refractivity contribution in [1.82, 2.24) is 39.8 Å². The third kappa shape index (κ3) is 6.44. The van der Waals surface area contributed by atoms with E-state index in [0.717, 1.165) is 90.1 Å². The molecule has 9 rings (SSSR count). The van der Waals surface area contributed by atoms with Crippen LogP contribution in [0.15, 0.2) is 60.9 Å². The average molecular weight is 755 g/mol. The summed E-state index contributed by atoms with van der Waals surface area (Å²) >= 11 is 0. The van der Waals surface area contributed by atoms with Gasteiger partial charge in [-0.3, -0.25) is 34.3 Å². The molecule has 0 bridgehead atoms. The van der Waals surface area contributed by atoms with Gasteiger partial charge in [0, 0.05) is 82.8 Å². The van der Waals surface area contributed by atoms with Crippen molar-refractivity contribution in [3.05, 3.63) is 83.2 Å². The Kier molecular flexibility index (Phi) is 8.83. The lowest BCUT2D eigenvalue weighted by atomic mass is 9.97. The largest absolute Gasteiger partial charge is 0.371 e. The summed E-state index contributed by atoms with van der Waals surface area (Å²) in [7, 11) is 1.87. The molecule has 2 aromatic carbocycles. The van der Waals surface area contributed by atoms with Crippen LogP contribution in [0.2, 0.25) is 0 Å². The standard InChI is InChI=1S/C40H42N12O4/c1-23-5-4-6-24(2)34(23)45-35-30-19-42-40(46-36(30)48(3)47-35)43-26-7-11-32(41-18-26)50-15-13-49(14-16-50)20-25-21-51(22-25)27-8-9-28-29(17-27)39(56)52(38(28)55)31-10-12-33(53)44-37(31)54/h4-9,11,17-19,25,31H,10,12-16,20-22H2,1-3H3,(H,45,47)(H,42,43,46)(H,44,53,54). The van der Waals surface area contributed by atoms with Crippen LogP contribution in [0.5, 0.6) is 0 Å². The van der Waals surface area contributed by atoms with Crippen LogP contribution < -0.4 is 25.8 Å². The molecule has 16 heteroatoms. The number of benzene rings is 2. The summed E-state index contributed by atoms with van der Waals surface area (Å²) in [5.74, 6) is 0.632. The van der Waals surface area contributed by atoms with Crippen molar-refractivity contribution in [2.75, 3.05) is 66.2 Å². The molecule has 7 heterocycles. The van der Waals surface area contributed by atoms with Crippen molar-refractivity contribution >= 4 is 69.3 Å². The number of nitrogens with zero attached hydrogens (tertiary/aromatic N) is 9. The van der Waals surface area contributed by atoms with Crippen LogP contribution in [0.1, 0.15) is 44.7 Å². The fraction of sp³-hybridized carbons (Fsp3) is 0.350. The van der Waals surface area contributed by atoms with E-state index in [4.69, 9.17) is 9.97 Å². The third-order valence-electron chi connectivity index (χ3n) is 11.3. The van der Waals surface area contributed by atoms with Crippen molar-refractivity contribution in [2.24, 2.45) is 13.0 Å². The molecule has 3 fully saturated rings. The number of para-hydroxylation sites is 1. The van der Waals surface area contributed by atoms with Crippen LogP contribution in [-0.4, -0.2) is 110 Å². The molecule has 1 unspecified atom stereocenters. The van der Waals surface area contributed by atoms with Crippen molar-refractivity contribution in [2.45, 2.75) is 32.7 Å². The number of piperazine rings is 1. The Bertz CT molecular complexity index is 2380. The summed E-state index contributed by atoms with van der Waals surface area (Å²) < 4.78 is 1.75. The molecule has 0 aliphatic carbocycles. The van der Waals surface area contributed by atoms with E-state index in [1.165, 1.54) is 0 Å². The number of fused-ring (bicyclic) bond motifs is 2. The Morgan fingerprint density at radius 2 is 1.61 bits per heavy atom. The zero-order valence-corrected chi connectivity index (χ0v) is 31.5. The fourth-order valence-corrected chi connectivity index (χ4v) is 8.17. The monoisotopic (exact) mass is 754 g/mol. The molecule has 0 spiro atoms. The second-order valence-corrected chi connectivity index (χ2v) is 15.1. The summed E-state index contributed by atoms with van der Waals surface area (Å²) in [5.41, 5.74) is 6.32. The molecule has 4 aliphatic heterocycles. The highest BCUT2D eigenvalue weighted by Gasteiger charge is 2.45. The number of anilines is 6. The maximum absolute atomic E-state index is 13.3. The SMILES string of the molecule is Cc1cccc(C)c1Nc1nn(C)c2nc(Nc3ccc(N4CCN(CC5CN(c6ccc7c(c6)C(=O)N(C6CCC(=O)NC6=O)C7=O)C5)CC4)nc3)ncc12. The Balaban J connectivity index is 0.754. The second kappa shape index (κ2) is 14.0. The van der Waals surface area contributed by atoms with E-state index < -0.39 is 23.8 Å². The number of aromatic nitrogens is 5. The summed E-state index contributed by atoms with van der Waals surface area (Å²) in [6, 6.07) is 14.5. The van der Waals surface area contributed by atoms with Crippen LogP contribution in [0.3, 0.4) is 0 Å². The Hall–Kier alpha value is -6.42. The molecule has 56 heavy (non-hydrogen) atoms. The number of carbonyl (C=O) groups excluding carboxylic acids is 4. The van der Waals surface area contributed by atoms with E-state index >= 15 is 0 Å². The van der Waals surface area contributed by atoms with Crippen LogP contribution in [0.4, 0.5) is 34.6 Å². The van der Waals surface area contributed by atoms with E-state index in [9.17, 15) is 19.2 Å². The van der Waals surface area contributed by atoms with Gasteiger partial charge in [-0.1, -0.05) is 18.2 Å². The zero-order valence-electron chi connectivity index (χ0n) is 31.5. The molecule has 16 nitrogen and oxygen atoms in total. The van der Waals surface area contributed by atoms with E-state index in [2.05, 4.69) is 66.7 Å². The molecule has 0 saturated carbocycles. The maximum Gasteiger partial charge on any atom is 0.262 e. The number of carbonyl (C=O) groups is 4. The highest BCUT2D eigenvalue weighted by molar-refractivity contribution is 6.23. The number of nitrogens with one attached hydrogen (secondary N) is 3. The first-order chi connectivity index (χ1) is 27.1. The van der Waals surface area contributed by atoms with Crippen molar-refractivity contribution in [3.8, 4) is 0 Å². The lowest BCUT2D eigenvalue weighted by molar-refractivity contribution is -0.136. The van der Waals surface area contributed by atoms with Gasteiger partial charge in [0.1, 0.15) is 11.9 Å². The van der Waals surface area contributed by atoms with E-state index in [1.807, 2.05) is 37.5 Å². The van der Waals surface area contributed by atoms with Gasteiger partial charge in [-0.05, 0) is 61.7 Å². The first-order valence-electron chi connectivity index (χ1n) is 18.9. The number of rotatable bonds is 9. The molecule has 5 aromatic rings. The number of hydrogen-bond acceptors (Lipinski definition) is 13. The van der Waals surface area contributed by atoms with Gasteiger partial charge in [0.05, 0.1) is 28.4 Å². The number of imide groups is 2. The fourth-order valence-electron chi connectivity index (χ4n) is 8.17. The topological polar surface area (TPSA) is 174 Å². The first-order valence-corrected chi connectivity index (χ1v) is 18.9. The first kappa shape index (κ1) is 35.3. The Labute approximate surface area is 322 Å². The molecule has 4 aliphatic rings. The molecule has 4 amide bonds. The van der Waals surface area contributed by atoms with Gasteiger partial charge >= 0.3 is 0 Å². The minimum absolute atomic E-state index is 0.0959. The molecule has 286 valence electrons. The lowest BCUT2D eigenvalue weighted by Gasteiger charge is -2.45. The molecular weight excluding hydrogens is 713 g/mol. The number of piperidine rings is 1. The van der Waals surface area contributed by atoms with Gasteiger partial charge in [0.25, 0.3) is 11.8 Å². The number of amides is 4. The summed E-state index contributed by atoms with van der Waals surface area (Å²) in [5, 5.41) is 14.5. The van der Waals surface area contributed by atoms with E-state index in [0.29, 0.717) is 34.5 Å². The summed E-state index contributed by atoms with van der Waals surface area (Å²) in [6.07, 6.45) is 3.83. The van der Waals surface area contributed by atoms with Crippen LogP contribution >= 0.6 is 0 Å². The lowest BCUT2D eigenvalue weighted by Crippen LogP contribution is -2.55. The predicted octanol–water partition coefficient (Wildman–Crippen LogP) is 3.52. The predicted molar refractivity (Wildman–Crippen MR) is 210 cm³/mol. The molecular formula is C40H42N12O4. The molecule has 3 saturated heterocycles. The molecule has 3 N–H and O–H groups in total. The smallest absolute Gasteiger partial charge is 0.262 e. The highest BCUT2D eigenvalue weighted by Crippen LogP contribution is 2.34. The number of hydrogen-bond donors (Lipinski definition) is 3. The summed E-state index contributed by atoms with van der Waals surface area (Å²) in [4.78, 5) is 72.4. The maximum atomic E-state index is 13.3. The minimum atomic E-state index is -0.966. The zero-order chi connectivity index (χ0) is 38.7. The van der Waals surface area contributed by atoms with Crippen molar-refractivity contribution in [1.29, 1.82) is 0 Å². The van der Waals surface area contributed by atoms with Gasteiger partial charge < -0.3 is 20.4 Å². The van der Waals surface area contributed by atoms with Gasteiger partial charge in [0.2, 0.25) is 17.8 Å². The van der Waals surface area contributed by atoms with Crippen LogP contribution in [-0.2, 0) is 16.6 Å². The quantitative estimate of drug-likeness (QED) is 0.187. The van der Waals surface area contributed by atoms with Gasteiger partial charge in [-0.25, -0.2) is 14.6 Å². The van der Waals surface area contributed by atoms with Crippen molar-refractivity contribution < 1.29 is 19.2 Å². The third-order valence-corrected chi connectivity index (χ3v) is 11.3. The number of pyridine rings is 1. The van der Waals surface area contributed by atoms with Crippen molar-refractivity contribution in [3.63, 3.8) is 0 Å². The van der Waals surface area contributed by atoms with Gasteiger partial charge in [-0.2, -0.15) is 10.1 Å². The van der Waals surface area contributed by atoms with Crippen LogP contribution in [0, 0.1) is 19.8 Å².